The second-order valence-corrected chi connectivity index (χ2v) is 6.51. The lowest BCUT2D eigenvalue weighted by molar-refractivity contribution is 0.0459. The minimum Gasteiger partial charge on any atom is -0.497 e. The predicted octanol–water partition coefficient (Wildman–Crippen LogP) is 2.65. The maximum Gasteiger partial charge on any atom is 0.122 e. The Hall–Kier alpha value is -1.85. The van der Waals surface area contributed by atoms with E-state index in [-0.39, 0.29) is 12.0 Å². The van der Waals surface area contributed by atoms with E-state index in [9.17, 15) is 5.11 Å². The Balaban J connectivity index is 1.63. The van der Waals surface area contributed by atoms with Crippen molar-refractivity contribution in [1.82, 2.24) is 14.5 Å². The number of aromatic nitrogens is 2. The molecule has 1 aromatic heterocycles. The molecule has 24 heavy (non-hydrogen) atoms. The summed E-state index contributed by atoms with van der Waals surface area (Å²) >= 11 is 0. The third-order valence-electron chi connectivity index (χ3n) is 4.82. The van der Waals surface area contributed by atoms with Gasteiger partial charge in [-0.3, -0.25) is 4.90 Å². The Bertz CT molecular complexity index is 656. The summed E-state index contributed by atoms with van der Waals surface area (Å²) in [5.41, 5.74) is 1.16. The molecule has 0 aliphatic carbocycles. The van der Waals surface area contributed by atoms with E-state index in [4.69, 9.17) is 4.74 Å². The average molecular weight is 329 g/mol. The highest BCUT2D eigenvalue weighted by Crippen LogP contribution is 2.30. The van der Waals surface area contributed by atoms with E-state index in [1.807, 2.05) is 30.6 Å². The van der Waals surface area contributed by atoms with Gasteiger partial charge in [0.1, 0.15) is 11.6 Å². The number of β-amino-alcohol motifs (C(OH)–C–C–N with tert-alkyl or cyclic N) is 1. The molecular weight excluding hydrogens is 302 g/mol. The maximum absolute atomic E-state index is 10.6. The fraction of sp³-hybridized carbons (Fsp3) is 0.526. The van der Waals surface area contributed by atoms with E-state index < -0.39 is 0 Å². The smallest absolute Gasteiger partial charge is 0.122 e. The SMILES string of the molecule is CCCn1ccnc1CN1CC[C@H](c2cccc(OC)c2)[C@@H](O)C1. The topological polar surface area (TPSA) is 50.5 Å². The number of hydrogen-bond acceptors (Lipinski definition) is 4. The summed E-state index contributed by atoms with van der Waals surface area (Å²) in [6.07, 6.45) is 5.59. The molecule has 2 heterocycles. The normalized spacial score (nSPS) is 21.8. The lowest BCUT2D eigenvalue weighted by Crippen LogP contribution is -2.42. The first kappa shape index (κ1) is 17.0. The monoisotopic (exact) mass is 329 g/mol. The molecule has 0 amide bonds. The summed E-state index contributed by atoms with van der Waals surface area (Å²) in [7, 11) is 1.68. The Kier molecular flexibility index (Phi) is 5.53. The van der Waals surface area contributed by atoms with Gasteiger partial charge in [0.05, 0.1) is 19.8 Å². The number of aliphatic hydroxyl groups excluding tert-OH is 1. The minimum absolute atomic E-state index is 0.173. The number of imidazole rings is 1. The quantitative estimate of drug-likeness (QED) is 0.885. The van der Waals surface area contributed by atoms with Crippen LogP contribution < -0.4 is 4.74 Å². The molecule has 1 fully saturated rings. The van der Waals surface area contributed by atoms with Crippen molar-refractivity contribution in [2.45, 2.75) is 44.9 Å². The molecule has 1 aromatic carbocycles. The highest BCUT2D eigenvalue weighted by molar-refractivity contribution is 5.31. The molecule has 2 aromatic rings. The summed E-state index contributed by atoms with van der Waals surface area (Å²) in [6.45, 7) is 5.62. The highest BCUT2D eigenvalue weighted by atomic mass is 16.5. The van der Waals surface area contributed by atoms with Gasteiger partial charge < -0.3 is 14.4 Å². The number of likely N-dealkylation sites (tertiary alicyclic amines) is 1. The fourth-order valence-corrected chi connectivity index (χ4v) is 3.54. The lowest BCUT2D eigenvalue weighted by atomic mass is 9.87. The molecular formula is C19H27N3O2. The molecule has 0 spiro atoms. The van der Waals surface area contributed by atoms with E-state index >= 15 is 0 Å². The molecule has 1 aliphatic heterocycles. The zero-order valence-corrected chi connectivity index (χ0v) is 14.6. The molecule has 1 aliphatic rings. The molecule has 5 heteroatoms. The number of nitrogens with zero attached hydrogens (tertiary/aromatic N) is 3. The van der Waals surface area contributed by atoms with Gasteiger partial charge in [0.2, 0.25) is 0 Å². The molecule has 3 rings (SSSR count). The third kappa shape index (κ3) is 3.79. The van der Waals surface area contributed by atoms with Crippen LogP contribution in [0.4, 0.5) is 0 Å². The summed E-state index contributed by atoms with van der Waals surface area (Å²) in [5.74, 6) is 2.11. The van der Waals surface area contributed by atoms with Gasteiger partial charge in [0.25, 0.3) is 0 Å². The molecule has 0 radical (unpaired) electrons. The molecule has 0 unspecified atom stereocenters. The van der Waals surface area contributed by atoms with E-state index in [1.54, 1.807) is 7.11 Å². The van der Waals surface area contributed by atoms with Gasteiger partial charge in [0, 0.05) is 31.4 Å². The van der Waals surface area contributed by atoms with Gasteiger partial charge in [0.15, 0.2) is 0 Å². The zero-order valence-electron chi connectivity index (χ0n) is 14.6. The second kappa shape index (κ2) is 7.81. The van der Waals surface area contributed by atoms with Gasteiger partial charge in [-0.1, -0.05) is 19.1 Å². The van der Waals surface area contributed by atoms with Crippen molar-refractivity contribution in [2.24, 2.45) is 0 Å². The number of methoxy groups -OCH3 is 1. The van der Waals surface area contributed by atoms with Crippen LogP contribution in [0.15, 0.2) is 36.7 Å². The van der Waals surface area contributed by atoms with Crippen molar-refractivity contribution in [1.29, 1.82) is 0 Å². The zero-order chi connectivity index (χ0) is 16.9. The van der Waals surface area contributed by atoms with Crippen LogP contribution in [0.25, 0.3) is 0 Å². The second-order valence-electron chi connectivity index (χ2n) is 6.51. The number of benzene rings is 1. The fourth-order valence-electron chi connectivity index (χ4n) is 3.54. The standard InChI is InChI=1S/C19H27N3O2/c1-3-9-22-11-8-20-19(22)14-21-10-7-17(18(23)13-21)15-5-4-6-16(12-15)24-2/h4-6,8,11-12,17-18,23H,3,7,9-10,13-14H2,1-2H3/t17-,18+/m1/s1. The van der Waals surface area contributed by atoms with Gasteiger partial charge in [-0.2, -0.15) is 0 Å². The van der Waals surface area contributed by atoms with Crippen LogP contribution in [-0.4, -0.2) is 45.9 Å². The van der Waals surface area contributed by atoms with E-state index in [0.29, 0.717) is 6.54 Å². The van der Waals surface area contributed by atoms with Crippen LogP contribution in [0.3, 0.4) is 0 Å². The minimum atomic E-state index is -0.361. The summed E-state index contributed by atoms with van der Waals surface area (Å²) in [5, 5.41) is 10.6. The largest absolute Gasteiger partial charge is 0.497 e. The Morgan fingerprint density at radius 2 is 2.25 bits per heavy atom. The van der Waals surface area contributed by atoms with Crippen molar-refractivity contribution in [3.8, 4) is 5.75 Å². The molecule has 5 nitrogen and oxygen atoms in total. The Morgan fingerprint density at radius 1 is 1.38 bits per heavy atom. The first-order valence-corrected chi connectivity index (χ1v) is 8.75. The van der Waals surface area contributed by atoms with E-state index in [1.165, 1.54) is 0 Å². The van der Waals surface area contributed by atoms with E-state index in [0.717, 1.165) is 49.6 Å². The van der Waals surface area contributed by atoms with Crippen molar-refractivity contribution >= 4 is 0 Å². The van der Waals surface area contributed by atoms with Crippen LogP contribution in [-0.2, 0) is 13.1 Å². The third-order valence-corrected chi connectivity index (χ3v) is 4.82. The number of hydrogen-bond donors (Lipinski definition) is 1. The van der Waals surface area contributed by atoms with Crippen LogP contribution in [0.1, 0.15) is 37.1 Å². The van der Waals surface area contributed by atoms with Crippen molar-refractivity contribution in [3.05, 3.63) is 48.0 Å². The van der Waals surface area contributed by atoms with E-state index in [2.05, 4.69) is 27.4 Å². The van der Waals surface area contributed by atoms with Crippen molar-refractivity contribution in [2.75, 3.05) is 20.2 Å². The first-order chi connectivity index (χ1) is 11.7. The summed E-state index contributed by atoms with van der Waals surface area (Å²) in [6, 6.07) is 8.06. The predicted molar refractivity (Wildman–Crippen MR) is 94.2 cm³/mol. The van der Waals surface area contributed by atoms with Crippen LogP contribution in [0.2, 0.25) is 0 Å². The van der Waals surface area contributed by atoms with Crippen LogP contribution in [0, 0.1) is 0 Å². The molecule has 1 N–H and O–H groups in total. The Morgan fingerprint density at radius 3 is 3.00 bits per heavy atom. The molecule has 0 saturated carbocycles. The number of aryl methyl sites for hydroxylation is 1. The number of aliphatic hydroxyl groups is 1. The van der Waals surface area contributed by atoms with Crippen molar-refractivity contribution in [3.63, 3.8) is 0 Å². The van der Waals surface area contributed by atoms with Gasteiger partial charge in [-0.25, -0.2) is 4.98 Å². The highest BCUT2D eigenvalue weighted by Gasteiger charge is 2.29. The average Bonchev–Trinajstić information content (AvgIpc) is 3.02. The summed E-state index contributed by atoms with van der Waals surface area (Å²) < 4.78 is 7.51. The first-order valence-electron chi connectivity index (χ1n) is 8.75. The van der Waals surface area contributed by atoms with Crippen LogP contribution >= 0.6 is 0 Å². The maximum atomic E-state index is 10.6. The van der Waals surface area contributed by atoms with Crippen LogP contribution in [0.5, 0.6) is 5.75 Å². The van der Waals surface area contributed by atoms with Gasteiger partial charge in [-0.05, 0) is 37.1 Å². The number of rotatable bonds is 6. The molecule has 0 bridgehead atoms. The molecule has 130 valence electrons. The molecule has 2 atom stereocenters. The number of piperidine rings is 1. The lowest BCUT2D eigenvalue weighted by Gasteiger charge is -2.36. The summed E-state index contributed by atoms with van der Waals surface area (Å²) in [4.78, 5) is 6.78. The van der Waals surface area contributed by atoms with Gasteiger partial charge >= 0.3 is 0 Å². The molecule has 1 saturated heterocycles. The Labute approximate surface area is 143 Å². The number of ether oxygens (including phenoxy) is 1. The van der Waals surface area contributed by atoms with Gasteiger partial charge in [-0.15, -0.1) is 0 Å². The van der Waals surface area contributed by atoms with Crippen molar-refractivity contribution < 1.29 is 9.84 Å².